The van der Waals surface area contributed by atoms with Gasteiger partial charge in [-0.05, 0) is 48.4 Å². The number of carboxylic acid groups (broad SMARTS) is 1. The van der Waals surface area contributed by atoms with E-state index in [0.29, 0.717) is 32.2 Å². The molecule has 1 aliphatic heterocycles. The molecule has 0 saturated carbocycles. The predicted molar refractivity (Wildman–Crippen MR) is 128 cm³/mol. The fourth-order valence-electron chi connectivity index (χ4n) is 5.31. The van der Waals surface area contributed by atoms with Crippen LogP contribution in [0.25, 0.3) is 11.1 Å². The molecule has 0 radical (unpaired) electrons. The summed E-state index contributed by atoms with van der Waals surface area (Å²) in [5.74, 6) is -1.78. The van der Waals surface area contributed by atoms with E-state index < -0.39 is 30.1 Å². The molecule has 1 saturated heterocycles. The number of carbonyl (C=O) groups is 3. The van der Waals surface area contributed by atoms with Gasteiger partial charge in [0.1, 0.15) is 12.6 Å². The van der Waals surface area contributed by atoms with Crippen molar-refractivity contribution in [2.75, 3.05) is 13.2 Å². The van der Waals surface area contributed by atoms with Gasteiger partial charge in [0.25, 0.3) is 0 Å². The molecule has 1 heterocycles. The Morgan fingerprint density at radius 3 is 2.29 bits per heavy atom. The van der Waals surface area contributed by atoms with E-state index in [1.54, 1.807) is 11.8 Å². The van der Waals surface area contributed by atoms with Gasteiger partial charge in [-0.15, -0.1) is 0 Å². The Hall–Kier alpha value is -3.35. The molecule has 1 fully saturated rings. The first-order valence-corrected chi connectivity index (χ1v) is 12.1. The third-order valence-electron chi connectivity index (χ3n) is 7.10. The fraction of sp³-hybridized carbons (Fsp3) is 0.444. The van der Waals surface area contributed by atoms with Crippen molar-refractivity contribution in [1.82, 2.24) is 10.2 Å². The number of benzene rings is 2. The van der Waals surface area contributed by atoms with Crippen LogP contribution in [0.3, 0.4) is 0 Å². The normalized spacial score (nSPS) is 20.2. The van der Waals surface area contributed by atoms with Crippen molar-refractivity contribution in [3.05, 3.63) is 59.7 Å². The smallest absolute Gasteiger partial charge is 0.407 e. The van der Waals surface area contributed by atoms with E-state index in [4.69, 9.17) is 4.74 Å². The lowest BCUT2D eigenvalue weighted by molar-refractivity contribution is -0.149. The quantitative estimate of drug-likeness (QED) is 0.633. The maximum atomic E-state index is 13.3. The summed E-state index contributed by atoms with van der Waals surface area (Å²) < 4.78 is 5.63. The molecule has 2 aromatic rings. The van der Waals surface area contributed by atoms with Gasteiger partial charge in [-0.2, -0.15) is 0 Å². The van der Waals surface area contributed by atoms with Gasteiger partial charge in [0.05, 0.1) is 5.92 Å². The Bertz CT molecular complexity index is 1020. The molecule has 2 amide bonds. The molecule has 7 nitrogen and oxygen atoms in total. The highest BCUT2D eigenvalue weighted by molar-refractivity contribution is 5.87. The van der Waals surface area contributed by atoms with Crippen LogP contribution in [0.5, 0.6) is 0 Å². The monoisotopic (exact) mass is 464 g/mol. The second-order valence-electron chi connectivity index (χ2n) is 9.17. The first-order valence-electron chi connectivity index (χ1n) is 12.1. The van der Waals surface area contributed by atoms with Crippen molar-refractivity contribution in [3.8, 4) is 11.1 Å². The molecule has 7 heteroatoms. The number of rotatable bonds is 7. The zero-order valence-electron chi connectivity index (χ0n) is 19.7. The Morgan fingerprint density at radius 2 is 1.71 bits per heavy atom. The minimum absolute atomic E-state index is 0.0584. The van der Waals surface area contributed by atoms with Crippen LogP contribution in [0, 0.1) is 5.92 Å². The summed E-state index contributed by atoms with van der Waals surface area (Å²) in [6.45, 7) is 4.38. The average molecular weight is 465 g/mol. The standard InChI is InChI=1S/C27H32N2O5/c1-3-9-24(25(30)29-15-8-14-18(17(29)2)26(31)32)28-27(33)34-16-23-21-12-6-4-10-19(21)20-11-5-7-13-22(20)23/h4-7,10-13,17-18,23-24H,3,8-9,14-16H2,1-2H3,(H,28,33)(H,31,32)/t17-,18-,24-/m0/s1. The lowest BCUT2D eigenvalue weighted by Crippen LogP contribution is -2.56. The third-order valence-corrected chi connectivity index (χ3v) is 7.10. The number of likely N-dealkylation sites (tertiary alicyclic amines) is 1. The number of nitrogens with zero attached hydrogens (tertiary/aromatic N) is 1. The second kappa shape index (κ2) is 10.3. The summed E-state index contributed by atoms with van der Waals surface area (Å²) in [5.41, 5.74) is 4.55. The van der Waals surface area contributed by atoms with Crippen LogP contribution < -0.4 is 5.32 Å². The highest BCUT2D eigenvalue weighted by atomic mass is 16.5. The number of ether oxygens (including phenoxy) is 1. The molecule has 0 unspecified atom stereocenters. The molecule has 0 spiro atoms. The van der Waals surface area contributed by atoms with Crippen molar-refractivity contribution < 1.29 is 24.2 Å². The maximum Gasteiger partial charge on any atom is 0.407 e. The molecule has 180 valence electrons. The van der Waals surface area contributed by atoms with Gasteiger partial charge in [-0.25, -0.2) is 4.79 Å². The number of alkyl carbamates (subject to hydrolysis) is 1. The van der Waals surface area contributed by atoms with Crippen molar-refractivity contribution in [1.29, 1.82) is 0 Å². The first-order chi connectivity index (χ1) is 16.4. The fourth-order valence-corrected chi connectivity index (χ4v) is 5.31. The van der Waals surface area contributed by atoms with Crippen LogP contribution in [-0.2, 0) is 14.3 Å². The third kappa shape index (κ3) is 4.65. The number of nitrogens with one attached hydrogen (secondary N) is 1. The summed E-state index contributed by atoms with van der Waals surface area (Å²) in [5, 5.41) is 12.2. The zero-order valence-corrected chi connectivity index (χ0v) is 19.7. The van der Waals surface area contributed by atoms with Gasteiger partial charge in [0.2, 0.25) is 5.91 Å². The van der Waals surface area contributed by atoms with Crippen LogP contribution in [-0.4, -0.2) is 53.2 Å². The van der Waals surface area contributed by atoms with E-state index in [0.717, 1.165) is 22.3 Å². The minimum atomic E-state index is -0.887. The SMILES string of the molecule is CCC[C@H](NC(=O)OCC1c2ccccc2-c2ccccc21)C(=O)N1CCC[C@H](C(=O)O)[C@@H]1C. The molecular formula is C27H32N2O5. The van der Waals surface area contributed by atoms with Crippen LogP contribution >= 0.6 is 0 Å². The van der Waals surface area contributed by atoms with Gasteiger partial charge in [-0.1, -0.05) is 61.9 Å². The number of hydrogen-bond acceptors (Lipinski definition) is 4. The Balaban J connectivity index is 1.42. The number of aliphatic carboxylic acids is 1. The maximum absolute atomic E-state index is 13.3. The molecule has 1 aliphatic carbocycles. The molecule has 2 N–H and O–H groups in total. The predicted octanol–water partition coefficient (Wildman–Crippen LogP) is 4.41. The number of hydrogen-bond donors (Lipinski definition) is 2. The van der Waals surface area contributed by atoms with Crippen LogP contribution in [0.2, 0.25) is 0 Å². The lowest BCUT2D eigenvalue weighted by Gasteiger charge is -2.39. The van der Waals surface area contributed by atoms with E-state index in [1.807, 2.05) is 31.2 Å². The highest BCUT2D eigenvalue weighted by Gasteiger charge is 2.38. The lowest BCUT2D eigenvalue weighted by atomic mass is 9.89. The number of piperidine rings is 1. The minimum Gasteiger partial charge on any atom is -0.481 e. The van der Waals surface area contributed by atoms with Crippen molar-refractivity contribution in [2.45, 2.75) is 57.5 Å². The number of fused-ring (bicyclic) bond motifs is 3. The molecule has 2 aromatic carbocycles. The Labute approximate surface area is 200 Å². The number of carbonyl (C=O) groups excluding carboxylic acids is 2. The topological polar surface area (TPSA) is 95.9 Å². The van der Waals surface area contributed by atoms with Crippen molar-refractivity contribution >= 4 is 18.0 Å². The molecule has 0 aromatic heterocycles. The molecule has 3 atom stereocenters. The van der Waals surface area contributed by atoms with E-state index in [2.05, 4.69) is 29.6 Å². The van der Waals surface area contributed by atoms with E-state index in [-0.39, 0.29) is 18.4 Å². The van der Waals surface area contributed by atoms with Gasteiger partial charge in [-0.3, -0.25) is 9.59 Å². The summed E-state index contributed by atoms with van der Waals surface area (Å²) >= 11 is 0. The first kappa shape index (κ1) is 23.8. The number of carboxylic acids is 1. The molecule has 0 bridgehead atoms. The largest absolute Gasteiger partial charge is 0.481 e. The average Bonchev–Trinajstić information content (AvgIpc) is 3.16. The Morgan fingerprint density at radius 1 is 1.09 bits per heavy atom. The second-order valence-corrected chi connectivity index (χ2v) is 9.17. The summed E-state index contributed by atoms with van der Waals surface area (Å²) in [6.07, 6.45) is 1.72. The van der Waals surface area contributed by atoms with Crippen molar-refractivity contribution in [2.24, 2.45) is 5.92 Å². The highest BCUT2D eigenvalue weighted by Crippen LogP contribution is 2.44. The summed E-state index contributed by atoms with van der Waals surface area (Å²) in [6, 6.07) is 15.1. The zero-order chi connectivity index (χ0) is 24.2. The van der Waals surface area contributed by atoms with Gasteiger partial charge in [0.15, 0.2) is 0 Å². The molecule has 4 rings (SSSR count). The molecular weight excluding hydrogens is 432 g/mol. The summed E-state index contributed by atoms with van der Waals surface area (Å²) in [4.78, 5) is 39.2. The number of amides is 2. The van der Waals surface area contributed by atoms with E-state index >= 15 is 0 Å². The summed E-state index contributed by atoms with van der Waals surface area (Å²) in [7, 11) is 0. The van der Waals surface area contributed by atoms with Gasteiger partial charge < -0.3 is 20.1 Å². The molecule has 2 aliphatic rings. The van der Waals surface area contributed by atoms with Crippen LogP contribution in [0.4, 0.5) is 4.79 Å². The Kier molecular flexibility index (Phi) is 7.20. The van der Waals surface area contributed by atoms with Crippen molar-refractivity contribution in [3.63, 3.8) is 0 Å². The van der Waals surface area contributed by atoms with Gasteiger partial charge >= 0.3 is 12.1 Å². The van der Waals surface area contributed by atoms with Crippen LogP contribution in [0.1, 0.15) is 56.6 Å². The van der Waals surface area contributed by atoms with E-state index in [1.165, 1.54) is 0 Å². The van der Waals surface area contributed by atoms with Gasteiger partial charge in [0, 0.05) is 18.5 Å². The van der Waals surface area contributed by atoms with Crippen LogP contribution in [0.15, 0.2) is 48.5 Å². The molecule has 34 heavy (non-hydrogen) atoms. The van der Waals surface area contributed by atoms with E-state index in [9.17, 15) is 19.5 Å².